The zero-order chi connectivity index (χ0) is 29.7. The highest BCUT2D eigenvalue weighted by atomic mass is 35.5. The molecule has 0 bridgehead atoms. The van der Waals surface area contributed by atoms with Crippen LogP contribution in [0.3, 0.4) is 0 Å². The van der Waals surface area contributed by atoms with E-state index >= 15 is 0 Å². The summed E-state index contributed by atoms with van der Waals surface area (Å²) in [5, 5.41) is 5.11. The van der Waals surface area contributed by atoms with Crippen LogP contribution in [-0.4, -0.2) is 37.0 Å². The summed E-state index contributed by atoms with van der Waals surface area (Å²) in [4.78, 5) is 6.67. The number of nitrogens with zero attached hydrogens (tertiary/aromatic N) is 3. The van der Waals surface area contributed by atoms with Crippen LogP contribution in [0.25, 0.3) is 22.4 Å². The summed E-state index contributed by atoms with van der Waals surface area (Å²) in [7, 11) is -9.04. The fourth-order valence-electron chi connectivity index (χ4n) is 3.53. The van der Waals surface area contributed by atoms with Crippen molar-refractivity contribution in [2.24, 2.45) is 0 Å². The van der Waals surface area contributed by atoms with Gasteiger partial charge in [-0.3, -0.25) is 14.5 Å². The van der Waals surface area contributed by atoms with Crippen LogP contribution in [0.4, 0.5) is 29.1 Å². The van der Waals surface area contributed by atoms with Crippen molar-refractivity contribution in [1.82, 2.24) is 20.2 Å². The van der Waals surface area contributed by atoms with Crippen molar-refractivity contribution < 1.29 is 34.4 Å². The number of benzene rings is 3. The Hall–Kier alpha value is -3.99. The van der Waals surface area contributed by atoms with Gasteiger partial charge in [0.1, 0.15) is 33.1 Å². The van der Waals surface area contributed by atoms with Gasteiger partial charge < -0.3 is 0 Å². The molecule has 0 saturated carbocycles. The van der Waals surface area contributed by atoms with Crippen molar-refractivity contribution in [3.63, 3.8) is 0 Å². The molecule has 0 amide bonds. The standard InChI is InChI=1S/C23H12Cl2F4N6O4S2/c24-12-5-19(16(28)7-14(12)26)40(36,37)34-11-3-1-10(2-4-11)18-9-30-21-22(31-18)32-33-23(21)35-41(38,39)20-6-13(25)15(27)8-17(20)29/h1-9,34H,(H2,31,32,33,35). The van der Waals surface area contributed by atoms with Crippen molar-refractivity contribution in [3.8, 4) is 11.3 Å². The molecule has 10 nitrogen and oxygen atoms in total. The van der Waals surface area contributed by atoms with Crippen LogP contribution in [0.1, 0.15) is 0 Å². The maximum atomic E-state index is 14.1. The number of H-pyrrole nitrogens is 1. The van der Waals surface area contributed by atoms with E-state index in [1.54, 1.807) is 0 Å². The largest absolute Gasteiger partial charge is 0.280 e. The molecule has 0 spiro atoms. The van der Waals surface area contributed by atoms with Crippen molar-refractivity contribution in [2.75, 3.05) is 9.44 Å². The first-order valence-electron chi connectivity index (χ1n) is 10.9. The van der Waals surface area contributed by atoms with Crippen LogP contribution in [0, 0.1) is 23.3 Å². The Labute approximate surface area is 238 Å². The van der Waals surface area contributed by atoms with Crippen molar-refractivity contribution in [2.45, 2.75) is 9.79 Å². The SMILES string of the molecule is O=S(=O)(Nc1ccc(-c2cnc3c(NS(=O)(=O)c4cc(Cl)c(F)cc4F)n[nH]c3n2)cc1)c1cc(Cl)c(F)cc1F. The van der Waals surface area contributed by atoms with Gasteiger partial charge in [-0.05, 0) is 24.3 Å². The molecule has 0 atom stereocenters. The topological polar surface area (TPSA) is 147 Å². The van der Waals surface area contributed by atoms with E-state index < -0.39 is 63.2 Å². The summed E-state index contributed by atoms with van der Waals surface area (Å²) in [6, 6.07) is 7.56. The maximum absolute atomic E-state index is 14.1. The third-order valence-corrected chi connectivity index (χ3v) is 8.79. The number of nitrogens with one attached hydrogen (secondary N) is 3. The summed E-state index contributed by atoms with van der Waals surface area (Å²) < 4.78 is 110. The number of aromatic nitrogens is 4. The second kappa shape index (κ2) is 10.4. The number of fused-ring (bicyclic) bond motifs is 1. The molecular weight excluding hydrogens is 635 g/mol. The number of sulfonamides is 2. The minimum atomic E-state index is -4.59. The number of rotatable bonds is 7. The van der Waals surface area contributed by atoms with Gasteiger partial charge in [0.15, 0.2) is 17.0 Å². The molecule has 2 aromatic heterocycles. The fraction of sp³-hybridized carbons (Fsp3) is 0. The highest BCUT2D eigenvalue weighted by Crippen LogP contribution is 2.29. The molecule has 41 heavy (non-hydrogen) atoms. The molecule has 3 aromatic carbocycles. The Balaban J connectivity index is 1.37. The van der Waals surface area contributed by atoms with E-state index in [0.717, 1.165) is 0 Å². The molecule has 0 unspecified atom stereocenters. The minimum Gasteiger partial charge on any atom is -0.280 e. The molecule has 0 aliphatic rings. The van der Waals surface area contributed by atoms with Crippen LogP contribution < -0.4 is 9.44 Å². The predicted molar refractivity (Wildman–Crippen MR) is 141 cm³/mol. The first-order valence-corrected chi connectivity index (χ1v) is 14.6. The Kier molecular flexibility index (Phi) is 7.27. The molecule has 0 fully saturated rings. The van der Waals surface area contributed by atoms with E-state index in [1.165, 1.54) is 30.5 Å². The molecule has 3 N–H and O–H groups in total. The van der Waals surface area contributed by atoms with Gasteiger partial charge in [0, 0.05) is 23.4 Å². The number of hydrogen-bond acceptors (Lipinski definition) is 7. The Bertz CT molecular complexity index is 2060. The molecular formula is C23H12Cl2F4N6O4S2. The molecule has 0 saturated heterocycles. The van der Waals surface area contributed by atoms with Gasteiger partial charge in [0.25, 0.3) is 20.0 Å². The van der Waals surface area contributed by atoms with E-state index in [0.29, 0.717) is 29.8 Å². The van der Waals surface area contributed by atoms with E-state index in [-0.39, 0.29) is 28.4 Å². The first kappa shape index (κ1) is 28.5. The summed E-state index contributed by atoms with van der Waals surface area (Å²) in [6.45, 7) is 0. The van der Waals surface area contributed by atoms with Gasteiger partial charge in [0.05, 0.1) is 21.9 Å². The van der Waals surface area contributed by atoms with Crippen molar-refractivity contribution in [1.29, 1.82) is 0 Å². The molecule has 0 aliphatic heterocycles. The zero-order valence-corrected chi connectivity index (χ0v) is 22.9. The minimum absolute atomic E-state index is 0.0321. The second-order valence-corrected chi connectivity index (χ2v) is 12.3. The zero-order valence-electron chi connectivity index (χ0n) is 19.8. The highest BCUT2D eigenvalue weighted by Gasteiger charge is 2.25. The van der Waals surface area contributed by atoms with Gasteiger partial charge in [-0.2, -0.15) is 5.10 Å². The van der Waals surface area contributed by atoms with Crippen LogP contribution >= 0.6 is 23.2 Å². The third-order valence-electron chi connectivity index (χ3n) is 5.46. The molecule has 5 aromatic rings. The van der Waals surface area contributed by atoms with Gasteiger partial charge >= 0.3 is 0 Å². The summed E-state index contributed by atoms with van der Waals surface area (Å²) in [5.74, 6) is -5.27. The van der Waals surface area contributed by atoms with Crippen molar-refractivity contribution in [3.05, 3.63) is 88.0 Å². The quantitative estimate of drug-likeness (QED) is 0.157. The average Bonchev–Trinajstić information content (AvgIpc) is 3.29. The Morgan fingerprint density at radius 1 is 0.732 bits per heavy atom. The van der Waals surface area contributed by atoms with Gasteiger partial charge in [-0.15, -0.1) is 0 Å². The lowest BCUT2D eigenvalue weighted by Crippen LogP contribution is -2.15. The second-order valence-electron chi connectivity index (χ2n) is 8.21. The monoisotopic (exact) mass is 646 g/mol. The van der Waals surface area contributed by atoms with E-state index in [1.807, 2.05) is 4.72 Å². The molecule has 212 valence electrons. The molecule has 2 heterocycles. The number of aromatic amines is 1. The predicted octanol–water partition coefficient (Wildman–Crippen LogP) is 5.48. The van der Waals surface area contributed by atoms with Crippen LogP contribution in [0.2, 0.25) is 10.0 Å². The smallest absolute Gasteiger partial charge is 0.266 e. The van der Waals surface area contributed by atoms with Gasteiger partial charge in [0.2, 0.25) is 0 Å². The van der Waals surface area contributed by atoms with E-state index in [4.69, 9.17) is 23.2 Å². The summed E-state index contributed by atoms with van der Waals surface area (Å²) >= 11 is 11.2. The van der Waals surface area contributed by atoms with Gasteiger partial charge in [-0.25, -0.2) is 44.4 Å². The van der Waals surface area contributed by atoms with Crippen molar-refractivity contribution >= 4 is 65.9 Å². The number of halogens is 6. The summed E-state index contributed by atoms with van der Waals surface area (Å²) in [6.07, 6.45) is 1.26. The molecule has 0 radical (unpaired) electrons. The average molecular weight is 647 g/mol. The van der Waals surface area contributed by atoms with E-state index in [2.05, 4.69) is 24.9 Å². The number of hydrogen-bond donors (Lipinski definition) is 3. The highest BCUT2D eigenvalue weighted by molar-refractivity contribution is 7.93. The van der Waals surface area contributed by atoms with Crippen LogP contribution in [0.5, 0.6) is 0 Å². The lowest BCUT2D eigenvalue weighted by Gasteiger charge is -2.10. The maximum Gasteiger partial charge on any atom is 0.266 e. The lowest BCUT2D eigenvalue weighted by molar-refractivity contribution is 0.549. The Morgan fingerprint density at radius 2 is 1.27 bits per heavy atom. The molecule has 5 rings (SSSR count). The normalized spacial score (nSPS) is 12.0. The van der Waals surface area contributed by atoms with Crippen LogP contribution in [-0.2, 0) is 20.0 Å². The van der Waals surface area contributed by atoms with Crippen LogP contribution in [0.15, 0.2) is 64.5 Å². The number of anilines is 2. The lowest BCUT2D eigenvalue weighted by atomic mass is 10.1. The third kappa shape index (κ3) is 5.63. The van der Waals surface area contributed by atoms with E-state index in [9.17, 15) is 34.4 Å². The fourth-order valence-corrected chi connectivity index (χ4v) is 6.23. The Morgan fingerprint density at radius 3 is 1.83 bits per heavy atom. The molecule has 18 heteroatoms. The summed E-state index contributed by atoms with van der Waals surface area (Å²) in [5.41, 5.74) is 0.742. The first-order chi connectivity index (χ1) is 19.2. The van der Waals surface area contributed by atoms with Gasteiger partial charge in [-0.1, -0.05) is 35.3 Å². The molecule has 0 aliphatic carbocycles.